The van der Waals surface area contributed by atoms with Gasteiger partial charge in [-0.05, 0) is 37.0 Å². The third kappa shape index (κ3) is 3.97. The van der Waals surface area contributed by atoms with Gasteiger partial charge in [-0.3, -0.25) is 9.59 Å². The van der Waals surface area contributed by atoms with Crippen molar-refractivity contribution in [1.82, 2.24) is 4.90 Å². The Morgan fingerprint density at radius 2 is 1.80 bits per heavy atom. The molecular formula is C15H19ClN2O2. The minimum atomic E-state index is -0.252. The number of piperidine rings is 1. The summed E-state index contributed by atoms with van der Waals surface area (Å²) in [5.74, 6) is -0.184. The molecule has 2 rings (SSSR count). The topological polar surface area (TPSA) is 63.4 Å². The van der Waals surface area contributed by atoms with Crippen molar-refractivity contribution < 1.29 is 9.59 Å². The number of nitrogens with two attached hydrogens (primary N) is 1. The van der Waals surface area contributed by atoms with Gasteiger partial charge in [0.25, 0.3) is 0 Å². The summed E-state index contributed by atoms with van der Waals surface area (Å²) in [5, 5.41) is 0.702. The number of aryl methyl sites for hydroxylation is 1. The van der Waals surface area contributed by atoms with E-state index in [1.54, 1.807) is 0 Å². The maximum Gasteiger partial charge on any atom is 0.222 e. The first-order chi connectivity index (χ1) is 9.56. The van der Waals surface area contributed by atoms with Gasteiger partial charge < -0.3 is 10.6 Å². The molecular weight excluding hydrogens is 276 g/mol. The second-order valence-corrected chi connectivity index (χ2v) is 5.62. The number of amides is 2. The first-order valence-corrected chi connectivity index (χ1v) is 7.25. The Morgan fingerprint density at radius 3 is 2.35 bits per heavy atom. The molecule has 0 spiro atoms. The average Bonchev–Trinajstić information content (AvgIpc) is 2.46. The third-order valence-corrected chi connectivity index (χ3v) is 4.04. The van der Waals surface area contributed by atoms with Gasteiger partial charge in [-0.15, -0.1) is 0 Å². The van der Waals surface area contributed by atoms with E-state index < -0.39 is 0 Å². The van der Waals surface area contributed by atoms with E-state index in [9.17, 15) is 9.59 Å². The highest BCUT2D eigenvalue weighted by Crippen LogP contribution is 2.18. The summed E-state index contributed by atoms with van der Waals surface area (Å²) in [6.07, 6.45) is 2.57. The fourth-order valence-electron chi connectivity index (χ4n) is 2.47. The van der Waals surface area contributed by atoms with Gasteiger partial charge in [-0.1, -0.05) is 23.7 Å². The lowest BCUT2D eigenvalue weighted by Crippen LogP contribution is -2.41. The molecule has 5 heteroatoms. The monoisotopic (exact) mass is 294 g/mol. The smallest absolute Gasteiger partial charge is 0.222 e. The number of likely N-dealkylation sites (tertiary alicyclic amines) is 1. The summed E-state index contributed by atoms with van der Waals surface area (Å²) in [6, 6.07) is 7.54. The number of carbonyl (C=O) groups excluding carboxylic acids is 2. The van der Waals surface area contributed by atoms with Crippen LogP contribution in [-0.2, 0) is 16.0 Å². The highest BCUT2D eigenvalue weighted by Gasteiger charge is 2.25. The molecule has 4 nitrogen and oxygen atoms in total. The van der Waals surface area contributed by atoms with E-state index in [1.807, 2.05) is 29.2 Å². The van der Waals surface area contributed by atoms with E-state index in [0.29, 0.717) is 43.8 Å². The van der Waals surface area contributed by atoms with Crippen molar-refractivity contribution >= 4 is 23.4 Å². The van der Waals surface area contributed by atoms with Crippen LogP contribution in [0.15, 0.2) is 24.3 Å². The van der Waals surface area contributed by atoms with Crippen LogP contribution < -0.4 is 5.73 Å². The van der Waals surface area contributed by atoms with Crippen LogP contribution in [0.2, 0.25) is 5.02 Å². The van der Waals surface area contributed by atoms with Crippen molar-refractivity contribution in [2.24, 2.45) is 11.7 Å². The van der Waals surface area contributed by atoms with Crippen LogP contribution in [0.1, 0.15) is 24.8 Å². The Hall–Kier alpha value is -1.55. The van der Waals surface area contributed by atoms with Crippen molar-refractivity contribution in [1.29, 1.82) is 0 Å². The number of halogens is 1. The molecule has 0 radical (unpaired) electrons. The van der Waals surface area contributed by atoms with Crippen LogP contribution in [0.25, 0.3) is 0 Å². The molecule has 0 aromatic heterocycles. The largest absolute Gasteiger partial charge is 0.369 e. The van der Waals surface area contributed by atoms with E-state index in [-0.39, 0.29) is 17.7 Å². The summed E-state index contributed by atoms with van der Waals surface area (Å²) in [5.41, 5.74) is 6.39. The number of hydrogen-bond donors (Lipinski definition) is 1. The van der Waals surface area contributed by atoms with Crippen molar-refractivity contribution in [3.05, 3.63) is 34.9 Å². The van der Waals surface area contributed by atoms with Crippen LogP contribution >= 0.6 is 11.6 Å². The SMILES string of the molecule is NC(=O)C1CCN(C(=O)CCc2ccc(Cl)cc2)CC1. The van der Waals surface area contributed by atoms with Crippen molar-refractivity contribution in [2.75, 3.05) is 13.1 Å². The number of primary amides is 1. The number of carbonyl (C=O) groups is 2. The number of hydrogen-bond acceptors (Lipinski definition) is 2. The zero-order valence-corrected chi connectivity index (χ0v) is 12.1. The molecule has 2 N–H and O–H groups in total. The van der Waals surface area contributed by atoms with Gasteiger partial charge in [0, 0.05) is 30.5 Å². The molecule has 1 fully saturated rings. The summed E-state index contributed by atoms with van der Waals surface area (Å²) >= 11 is 5.82. The van der Waals surface area contributed by atoms with E-state index >= 15 is 0 Å². The lowest BCUT2D eigenvalue weighted by Gasteiger charge is -2.30. The summed E-state index contributed by atoms with van der Waals surface area (Å²) < 4.78 is 0. The molecule has 1 aliphatic heterocycles. The zero-order valence-electron chi connectivity index (χ0n) is 11.3. The van der Waals surface area contributed by atoms with Gasteiger partial charge in [0.15, 0.2) is 0 Å². The molecule has 0 saturated carbocycles. The molecule has 2 amide bonds. The minimum absolute atomic E-state index is 0.0738. The minimum Gasteiger partial charge on any atom is -0.369 e. The summed E-state index contributed by atoms with van der Waals surface area (Å²) in [7, 11) is 0. The summed E-state index contributed by atoms with van der Waals surface area (Å²) in [4.78, 5) is 25.0. The Balaban J connectivity index is 1.78. The Kier molecular flexibility index (Phi) is 5.01. The maximum absolute atomic E-state index is 12.1. The first kappa shape index (κ1) is 14.9. The Labute approximate surface area is 123 Å². The average molecular weight is 295 g/mol. The molecule has 1 aliphatic rings. The van der Waals surface area contributed by atoms with Gasteiger partial charge in [-0.25, -0.2) is 0 Å². The summed E-state index contributed by atoms with van der Waals surface area (Å²) in [6.45, 7) is 1.26. The van der Waals surface area contributed by atoms with Gasteiger partial charge in [0.05, 0.1) is 0 Å². The van der Waals surface area contributed by atoms with Gasteiger partial charge in [0.1, 0.15) is 0 Å². The van der Waals surface area contributed by atoms with Crippen LogP contribution in [0.5, 0.6) is 0 Å². The fraction of sp³-hybridized carbons (Fsp3) is 0.467. The molecule has 0 atom stereocenters. The van der Waals surface area contributed by atoms with Gasteiger partial charge in [0.2, 0.25) is 11.8 Å². The van der Waals surface area contributed by atoms with Crippen LogP contribution in [0.3, 0.4) is 0 Å². The molecule has 0 aliphatic carbocycles. The Morgan fingerprint density at radius 1 is 1.20 bits per heavy atom. The molecule has 0 unspecified atom stereocenters. The molecule has 1 aromatic rings. The molecule has 0 bridgehead atoms. The standard InChI is InChI=1S/C15H19ClN2O2/c16-13-4-1-11(2-5-13)3-6-14(19)18-9-7-12(8-10-18)15(17)20/h1-2,4-5,12H,3,6-10H2,(H2,17,20). The molecule has 1 heterocycles. The maximum atomic E-state index is 12.1. The third-order valence-electron chi connectivity index (χ3n) is 3.79. The van der Waals surface area contributed by atoms with E-state index in [4.69, 9.17) is 17.3 Å². The second kappa shape index (κ2) is 6.75. The lowest BCUT2D eigenvalue weighted by atomic mass is 9.96. The van der Waals surface area contributed by atoms with Crippen molar-refractivity contribution in [3.63, 3.8) is 0 Å². The molecule has 108 valence electrons. The predicted molar refractivity (Wildman–Crippen MR) is 78.3 cm³/mol. The zero-order chi connectivity index (χ0) is 14.5. The quantitative estimate of drug-likeness (QED) is 0.923. The van der Waals surface area contributed by atoms with Crippen LogP contribution in [0.4, 0.5) is 0 Å². The number of benzene rings is 1. The molecule has 1 saturated heterocycles. The van der Waals surface area contributed by atoms with Crippen molar-refractivity contribution in [2.45, 2.75) is 25.7 Å². The number of nitrogens with zero attached hydrogens (tertiary/aromatic N) is 1. The predicted octanol–water partition coefficient (Wildman–Crippen LogP) is 2.00. The van der Waals surface area contributed by atoms with Crippen LogP contribution in [-0.4, -0.2) is 29.8 Å². The second-order valence-electron chi connectivity index (χ2n) is 5.18. The normalized spacial score (nSPS) is 16.1. The highest BCUT2D eigenvalue weighted by atomic mass is 35.5. The van der Waals surface area contributed by atoms with Gasteiger partial charge >= 0.3 is 0 Å². The Bertz CT molecular complexity index is 479. The highest BCUT2D eigenvalue weighted by molar-refractivity contribution is 6.30. The van der Waals surface area contributed by atoms with Crippen LogP contribution in [0, 0.1) is 5.92 Å². The lowest BCUT2D eigenvalue weighted by molar-refractivity contribution is -0.134. The van der Waals surface area contributed by atoms with E-state index in [1.165, 1.54) is 0 Å². The van der Waals surface area contributed by atoms with Gasteiger partial charge in [-0.2, -0.15) is 0 Å². The fourth-order valence-corrected chi connectivity index (χ4v) is 2.60. The van der Waals surface area contributed by atoms with E-state index in [0.717, 1.165) is 5.56 Å². The molecule has 20 heavy (non-hydrogen) atoms. The molecule has 1 aromatic carbocycles. The first-order valence-electron chi connectivity index (χ1n) is 6.88. The van der Waals surface area contributed by atoms with Crippen molar-refractivity contribution in [3.8, 4) is 0 Å². The number of rotatable bonds is 4. The van der Waals surface area contributed by atoms with E-state index in [2.05, 4.69) is 0 Å².